The van der Waals surface area contributed by atoms with Gasteiger partial charge in [0, 0.05) is 24.3 Å². The summed E-state index contributed by atoms with van der Waals surface area (Å²) in [6, 6.07) is 11.8. The molecule has 6 nitrogen and oxygen atoms in total. The summed E-state index contributed by atoms with van der Waals surface area (Å²) >= 11 is 0. The molecule has 2 aromatic rings. The summed E-state index contributed by atoms with van der Waals surface area (Å²) in [4.78, 5) is 38.7. The van der Waals surface area contributed by atoms with Gasteiger partial charge in [0.25, 0.3) is 5.91 Å². The van der Waals surface area contributed by atoms with Crippen molar-refractivity contribution >= 4 is 29.1 Å². The van der Waals surface area contributed by atoms with Crippen molar-refractivity contribution in [3.8, 4) is 0 Å². The van der Waals surface area contributed by atoms with Gasteiger partial charge < -0.3 is 15.5 Å². The number of carbonyl (C=O) groups is 3. The van der Waals surface area contributed by atoms with Crippen LogP contribution >= 0.6 is 0 Å². The van der Waals surface area contributed by atoms with Crippen LogP contribution in [0.2, 0.25) is 0 Å². The van der Waals surface area contributed by atoms with Crippen LogP contribution in [0.25, 0.3) is 0 Å². The number of hydrogen-bond donors (Lipinski definition) is 2. The van der Waals surface area contributed by atoms with Crippen molar-refractivity contribution in [3.63, 3.8) is 0 Å². The maximum absolute atomic E-state index is 13.8. The summed E-state index contributed by atoms with van der Waals surface area (Å²) in [7, 11) is 0. The summed E-state index contributed by atoms with van der Waals surface area (Å²) < 4.78 is 13.8. The van der Waals surface area contributed by atoms with E-state index in [2.05, 4.69) is 10.6 Å². The Hall–Kier alpha value is -3.22. The average Bonchev–Trinajstić information content (AvgIpc) is 3.12. The fourth-order valence-electron chi connectivity index (χ4n) is 3.27. The van der Waals surface area contributed by atoms with E-state index >= 15 is 0 Å². The first-order valence-electron chi connectivity index (χ1n) is 9.63. The van der Waals surface area contributed by atoms with Crippen LogP contribution in [-0.2, 0) is 9.59 Å². The zero-order valence-electron chi connectivity index (χ0n) is 16.4. The summed E-state index contributed by atoms with van der Waals surface area (Å²) in [5.41, 5.74) is 1.24. The molecule has 0 aromatic heterocycles. The molecule has 1 saturated heterocycles. The molecule has 1 heterocycles. The highest BCUT2D eigenvalue weighted by molar-refractivity contribution is 6.01. The van der Waals surface area contributed by atoms with Gasteiger partial charge in [0.1, 0.15) is 11.9 Å². The van der Waals surface area contributed by atoms with Crippen LogP contribution < -0.4 is 15.5 Å². The molecule has 3 rings (SSSR count). The molecular weight excluding hydrogens is 373 g/mol. The molecule has 0 unspecified atom stereocenters. The lowest BCUT2D eigenvalue weighted by atomic mass is 10.0. The lowest BCUT2D eigenvalue weighted by Gasteiger charge is -2.22. The van der Waals surface area contributed by atoms with E-state index in [4.69, 9.17) is 0 Å². The van der Waals surface area contributed by atoms with Crippen molar-refractivity contribution in [1.82, 2.24) is 5.32 Å². The summed E-state index contributed by atoms with van der Waals surface area (Å²) in [5, 5.41) is 5.38. The van der Waals surface area contributed by atoms with Crippen LogP contribution in [0, 0.1) is 11.7 Å². The van der Waals surface area contributed by atoms with Gasteiger partial charge in [-0.05, 0) is 48.7 Å². The smallest absolute Gasteiger partial charge is 0.254 e. The minimum absolute atomic E-state index is 0.0949. The minimum Gasteiger partial charge on any atom is -0.340 e. The third-order valence-electron chi connectivity index (χ3n) is 4.87. The Balaban J connectivity index is 1.67. The van der Waals surface area contributed by atoms with Crippen LogP contribution in [-0.4, -0.2) is 30.3 Å². The molecule has 7 heteroatoms. The maximum atomic E-state index is 13.8. The largest absolute Gasteiger partial charge is 0.340 e. The van der Waals surface area contributed by atoms with Gasteiger partial charge in [0.2, 0.25) is 11.8 Å². The molecule has 1 fully saturated rings. The van der Waals surface area contributed by atoms with E-state index in [1.165, 1.54) is 18.2 Å². The lowest BCUT2D eigenvalue weighted by molar-refractivity contribution is -0.119. The molecule has 0 spiro atoms. The SMILES string of the molecule is CC(C)[C@@H](NC(=O)c1ccccc1F)C(=O)Nc1ccc(N2CCCC2=O)cc1. The van der Waals surface area contributed by atoms with Crippen LogP contribution in [0.5, 0.6) is 0 Å². The number of nitrogens with one attached hydrogen (secondary N) is 2. The van der Waals surface area contributed by atoms with E-state index in [9.17, 15) is 18.8 Å². The first kappa shape index (κ1) is 20.5. The zero-order chi connectivity index (χ0) is 21.0. The molecule has 1 aliphatic rings. The molecule has 0 bridgehead atoms. The third kappa shape index (κ3) is 4.80. The van der Waals surface area contributed by atoms with E-state index in [1.807, 2.05) is 0 Å². The molecule has 0 aliphatic carbocycles. The topological polar surface area (TPSA) is 78.5 Å². The molecule has 3 amide bonds. The summed E-state index contributed by atoms with van der Waals surface area (Å²) in [5.74, 6) is -1.78. The second-order valence-corrected chi connectivity index (χ2v) is 7.36. The Kier molecular flexibility index (Phi) is 6.26. The van der Waals surface area contributed by atoms with Crippen molar-refractivity contribution in [2.75, 3.05) is 16.8 Å². The Morgan fingerprint density at radius 1 is 1.07 bits per heavy atom. The predicted octanol–water partition coefficient (Wildman–Crippen LogP) is 3.35. The van der Waals surface area contributed by atoms with Crippen LogP contribution in [0.15, 0.2) is 48.5 Å². The van der Waals surface area contributed by atoms with Crippen molar-refractivity contribution in [2.45, 2.75) is 32.7 Å². The molecule has 29 heavy (non-hydrogen) atoms. The summed E-state index contributed by atoms with van der Waals surface area (Å²) in [6.45, 7) is 4.30. The average molecular weight is 397 g/mol. The molecule has 2 N–H and O–H groups in total. The first-order valence-corrected chi connectivity index (χ1v) is 9.63. The van der Waals surface area contributed by atoms with Crippen LogP contribution in [0.4, 0.5) is 15.8 Å². The third-order valence-corrected chi connectivity index (χ3v) is 4.87. The quantitative estimate of drug-likeness (QED) is 0.785. The first-order chi connectivity index (χ1) is 13.9. The standard InChI is InChI=1S/C22H24FN3O3/c1-14(2)20(25-21(28)17-6-3-4-7-18(17)23)22(29)24-15-9-11-16(12-10-15)26-13-5-8-19(26)27/h3-4,6-7,9-12,14,20H,5,8,13H2,1-2H3,(H,24,29)(H,25,28)/t20-/m1/s1. The van der Waals surface area contributed by atoms with Gasteiger partial charge in [-0.2, -0.15) is 0 Å². The fraction of sp³-hybridized carbons (Fsp3) is 0.318. The molecule has 1 atom stereocenters. The van der Waals surface area contributed by atoms with Crippen LogP contribution in [0.1, 0.15) is 37.0 Å². The molecular formula is C22H24FN3O3. The van der Waals surface area contributed by atoms with Crippen LogP contribution in [0.3, 0.4) is 0 Å². The second-order valence-electron chi connectivity index (χ2n) is 7.36. The van der Waals surface area contributed by atoms with Gasteiger partial charge in [-0.15, -0.1) is 0 Å². The van der Waals surface area contributed by atoms with Crippen molar-refractivity contribution < 1.29 is 18.8 Å². The number of hydrogen-bond acceptors (Lipinski definition) is 3. The Bertz CT molecular complexity index is 912. The van der Waals surface area contributed by atoms with E-state index in [0.717, 1.165) is 12.1 Å². The number of anilines is 2. The Morgan fingerprint density at radius 2 is 1.76 bits per heavy atom. The number of benzene rings is 2. The second kappa shape index (κ2) is 8.86. The molecule has 0 radical (unpaired) electrons. The number of halogens is 1. The number of carbonyl (C=O) groups excluding carboxylic acids is 3. The van der Waals surface area contributed by atoms with Gasteiger partial charge in [-0.1, -0.05) is 26.0 Å². The molecule has 1 aliphatic heterocycles. The predicted molar refractivity (Wildman–Crippen MR) is 109 cm³/mol. The molecule has 0 saturated carbocycles. The van der Waals surface area contributed by atoms with Gasteiger partial charge in [-0.3, -0.25) is 14.4 Å². The fourth-order valence-corrected chi connectivity index (χ4v) is 3.27. The number of amides is 3. The van der Waals surface area contributed by atoms with Crippen molar-refractivity contribution in [3.05, 3.63) is 59.9 Å². The van der Waals surface area contributed by atoms with E-state index in [1.54, 1.807) is 49.1 Å². The lowest BCUT2D eigenvalue weighted by Crippen LogP contribution is -2.47. The number of nitrogens with zero attached hydrogens (tertiary/aromatic N) is 1. The normalized spacial score (nSPS) is 14.8. The highest BCUT2D eigenvalue weighted by Gasteiger charge is 2.26. The zero-order valence-corrected chi connectivity index (χ0v) is 16.4. The van der Waals surface area contributed by atoms with E-state index in [0.29, 0.717) is 18.7 Å². The van der Waals surface area contributed by atoms with Gasteiger partial charge in [-0.25, -0.2) is 4.39 Å². The minimum atomic E-state index is -0.832. The summed E-state index contributed by atoms with van der Waals surface area (Å²) in [6.07, 6.45) is 1.39. The van der Waals surface area contributed by atoms with Gasteiger partial charge in [0.15, 0.2) is 0 Å². The monoisotopic (exact) mass is 397 g/mol. The van der Waals surface area contributed by atoms with Crippen molar-refractivity contribution in [2.24, 2.45) is 5.92 Å². The Morgan fingerprint density at radius 3 is 2.34 bits per heavy atom. The van der Waals surface area contributed by atoms with E-state index in [-0.39, 0.29) is 17.4 Å². The maximum Gasteiger partial charge on any atom is 0.254 e. The number of rotatable bonds is 6. The Labute approximate surface area is 169 Å². The van der Waals surface area contributed by atoms with E-state index < -0.39 is 23.7 Å². The molecule has 152 valence electrons. The van der Waals surface area contributed by atoms with Gasteiger partial charge in [0.05, 0.1) is 5.56 Å². The van der Waals surface area contributed by atoms with Crippen molar-refractivity contribution in [1.29, 1.82) is 0 Å². The highest BCUT2D eigenvalue weighted by Crippen LogP contribution is 2.23. The highest BCUT2D eigenvalue weighted by atomic mass is 19.1. The van der Waals surface area contributed by atoms with Gasteiger partial charge >= 0.3 is 0 Å². The molecule has 2 aromatic carbocycles.